The minimum atomic E-state index is -1.24. The maximum absolute atomic E-state index is 10.6. The molecule has 1 N–H and O–H groups in total. The summed E-state index contributed by atoms with van der Waals surface area (Å²) >= 11 is 1.19. The van der Waals surface area contributed by atoms with E-state index in [0.29, 0.717) is 10.8 Å². The Hall–Kier alpha value is -0.970. The number of rotatable bonds is 1. The van der Waals surface area contributed by atoms with Crippen LogP contribution in [0.1, 0.15) is 6.92 Å². The lowest BCUT2D eigenvalue weighted by atomic mass is 10.3. The van der Waals surface area contributed by atoms with Gasteiger partial charge in [-0.1, -0.05) is 11.8 Å². The Labute approximate surface area is 67.7 Å². The number of carboxylic acid groups (broad SMARTS) is 1. The van der Waals surface area contributed by atoms with Crippen LogP contribution in [-0.2, 0) is 9.59 Å². The smallest absolute Gasteiger partial charge is 0.235 e. The highest BCUT2D eigenvalue weighted by Gasteiger charge is 2.17. The molecule has 0 aromatic carbocycles. The quantitative estimate of drug-likeness (QED) is 0.506. The normalized spacial score (nSPS) is 21.4. The molecule has 1 amide bonds. The molecule has 0 radical (unpaired) electrons. The molecule has 1 rings (SSSR count). The van der Waals surface area contributed by atoms with Crippen molar-refractivity contribution in [1.82, 2.24) is 5.32 Å². The van der Waals surface area contributed by atoms with Gasteiger partial charge < -0.3 is 15.2 Å². The molecule has 0 aliphatic carbocycles. The maximum atomic E-state index is 10.6. The molecule has 0 saturated carbocycles. The van der Waals surface area contributed by atoms with Crippen molar-refractivity contribution in [3.8, 4) is 0 Å². The number of carbonyl (C=O) groups is 2. The molecule has 1 fully saturated rings. The molecule has 0 unspecified atom stereocenters. The van der Waals surface area contributed by atoms with Crippen LogP contribution in [0, 0.1) is 0 Å². The molecule has 0 aromatic heterocycles. The van der Waals surface area contributed by atoms with Crippen LogP contribution in [0.15, 0.2) is 10.6 Å². The Kier molecular flexibility index (Phi) is 2.19. The first kappa shape index (κ1) is 8.13. The fourth-order valence-electron chi connectivity index (χ4n) is 0.631. The lowest BCUT2D eigenvalue weighted by Crippen LogP contribution is -2.26. The highest BCUT2D eigenvalue weighted by molar-refractivity contribution is 8.04. The van der Waals surface area contributed by atoms with Gasteiger partial charge in [-0.15, -0.1) is 0 Å². The van der Waals surface area contributed by atoms with E-state index in [4.69, 9.17) is 0 Å². The molecular weight excluding hydrogens is 166 g/mol. The average Bonchev–Trinajstić information content (AvgIpc) is 2.34. The van der Waals surface area contributed by atoms with Crippen molar-refractivity contribution in [2.45, 2.75) is 6.92 Å². The monoisotopic (exact) mass is 172 g/mol. The molecule has 1 aliphatic rings. The van der Waals surface area contributed by atoms with E-state index in [1.165, 1.54) is 18.7 Å². The zero-order valence-electron chi connectivity index (χ0n) is 5.84. The summed E-state index contributed by atoms with van der Waals surface area (Å²) in [5.41, 5.74) is 0.0841. The highest BCUT2D eigenvalue weighted by atomic mass is 32.2. The van der Waals surface area contributed by atoms with E-state index < -0.39 is 5.97 Å². The first-order valence-electron chi connectivity index (χ1n) is 2.96. The van der Waals surface area contributed by atoms with E-state index in [2.05, 4.69) is 5.32 Å². The van der Waals surface area contributed by atoms with Crippen LogP contribution in [-0.4, -0.2) is 17.6 Å². The number of carboxylic acids is 1. The van der Waals surface area contributed by atoms with Crippen LogP contribution < -0.4 is 10.4 Å². The van der Waals surface area contributed by atoms with Crippen LogP contribution in [0.4, 0.5) is 0 Å². The van der Waals surface area contributed by atoms with Gasteiger partial charge in [-0.3, -0.25) is 4.79 Å². The number of hydrogen-bond acceptors (Lipinski definition) is 4. The van der Waals surface area contributed by atoms with Crippen LogP contribution in [0.2, 0.25) is 0 Å². The molecule has 60 valence electrons. The molecule has 1 heterocycles. The Morgan fingerprint density at radius 3 is 2.73 bits per heavy atom. The molecule has 0 aromatic rings. The third-order valence-electron chi connectivity index (χ3n) is 1.25. The first-order valence-corrected chi connectivity index (χ1v) is 3.94. The summed E-state index contributed by atoms with van der Waals surface area (Å²) in [7, 11) is 0. The first-order chi connectivity index (χ1) is 5.11. The van der Waals surface area contributed by atoms with Gasteiger partial charge in [0.25, 0.3) is 0 Å². The standard InChI is InChI=1S/C6H7NO3S/c1-3(6(9)10)5-7-4(8)2-11-5/h2H2,1H3,(H,7,8)(H,9,10)/p-1/b5-3-. The number of nitrogens with one attached hydrogen (secondary N) is 1. The van der Waals surface area contributed by atoms with Crippen molar-refractivity contribution in [2.75, 3.05) is 5.75 Å². The van der Waals surface area contributed by atoms with Crippen molar-refractivity contribution in [3.05, 3.63) is 10.6 Å². The van der Waals surface area contributed by atoms with Crippen molar-refractivity contribution in [1.29, 1.82) is 0 Å². The third kappa shape index (κ3) is 1.74. The largest absolute Gasteiger partial charge is 0.545 e. The second kappa shape index (κ2) is 2.96. The lowest BCUT2D eigenvalue weighted by Gasteiger charge is -2.04. The number of hydrogen-bond donors (Lipinski definition) is 1. The van der Waals surface area contributed by atoms with Gasteiger partial charge in [0.15, 0.2) is 0 Å². The molecule has 4 nitrogen and oxygen atoms in total. The molecule has 5 heteroatoms. The van der Waals surface area contributed by atoms with Gasteiger partial charge >= 0.3 is 0 Å². The van der Waals surface area contributed by atoms with E-state index in [9.17, 15) is 14.7 Å². The lowest BCUT2D eigenvalue weighted by molar-refractivity contribution is -0.299. The van der Waals surface area contributed by atoms with Gasteiger partial charge in [0.05, 0.1) is 16.8 Å². The number of carbonyl (C=O) groups excluding carboxylic acids is 2. The van der Waals surface area contributed by atoms with E-state index in [1.54, 1.807) is 0 Å². The number of amides is 1. The summed E-state index contributed by atoms with van der Waals surface area (Å²) in [6.07, 6.45) is 0. The molecular formula is C6H6NO3S-. The molecule has 0 atom stereocenters. The Morgan fingerprint density at radius 2 is 2.36 bits per heavy atom. The van der Waals surface area contributed by atoms with Crippen molar-refractivity contribution < 1.29 is 14.7 Å². The second-order valence-corrected chi connectivity index (χ2v) is 3.06. The number of thioether (sulfide) groups is 1. The Bertz CT molecular complexity index is 246. The Morgan fingerprint density at radius 1 is 1.73 bits per heavy atom. The van der Waals surface area contributed by atoms with Gasteiger partial charge in [-0.2, -0.15) is 0 Å². The van der Waals surface area contributed by atoms with Crippen LogP contribution >= 0.6 is 11.8 Å². The SMILES string of the molecule is C/C(C(=O)[O-])=C1\NC(=O)CS1. The minimum Gasteiger partial charge on any atom is -0.545 e. The fourth-order valence-corrected chi connectivity index (χ4v) is 1.46. The summed E-state index contributed by atoms with van der Waals surface area (Å²) in [5.74, 6) is -1.11. The maximum Gasteiger partial charge on any atom is 0.235 e. The summed E-state index contributed by atoms with van der Waals surface area (Å²) in [6, 6.07) is 0. The zero-order chi connectivity index (χ0) is 8.43. The van der Waals surface area contributed by atoms with Gasteiger partial charge in [0.2, 0.25) is 5.91 Å². The Balaban J connectivity index is 2.81. The van der Waals surface area contributed by atoms with Gasteiger partial charge in [0, 0.05) is 5.57 Å². The molecule has 1 aliphatic heterocycles. The van der Waals surface area contributed by atoms with Crippen molar-refractivity contribution in [2.24, 2.45) is 0 Å². The van der Waals surface area contributed by atoms with E-state index in [-0.39, 0.29) is 11.5 Å². The van der Waals surface area contributed by atoms with E-state index in [1.807, 2.05) is 0 Å². The molecule has 0 spiro atoms. The average molecular weight is 172 g/mol. The van der Waals surface area contributed by atoms with Crippen LogP contribution in [0.5, 0.6) is 0 Å². The van der Waals surface area contributed by atoms with Crippen molar-refractivity contribution in [3.63, 3.8) is 0 Å². The van der Waals surface area contributed by atoms with Crippen LogP contribution in [0.25, 0.3) is 0 Å². The highest BCUT2D eigenvalue weighted by Crippen LogP contribution is 2.21. The van der Waals surface area contributed by atoms with E-state index in [0.717, 1.165) is 0 Å². The summed E-state index contributed by atoms with van der Waals surface area (Å²) in [6.45, 7) is 1.41. The fraction of sp³-hybridized carbons (Fsp3) is 0.333. The second-order valence-electron chi connectivity index (χ2n) is 2.08. The van der Waals surface area contributed by atoms with E-state index >= 15 is 0 Å². The zero-order valence-corrected chi connectivity index (χ0v) is 6.66. The van der Waals surface area contributed by atoms with Crippen LogP contribution in [0.3, 0.4) is 0 Å². The van der Waals surface area contributed by atoms with Crippen molar-refractivity contribution >= 4 is 23.6 Å². The van der Waals surface area contributed by atoms with Gasteiger partial charge in [0.1, 0.15) is 0 Å². The van der Waals surface area contributed by atoms with Gasteiger partial charge in [-0.25, -0.2) is 0 Å². The predicted molar refractivity (Wildman–Crippen MR) is 38.3 cm³/mol. The predicted octanol–water partition coefficient (Wildman–Crippen LogP) is -1.17. The summed E-state index contributed by atoms with van der Waals surface area (Å²) in [5, 5.41) is 13.1. The summed E-state index contributed by atoms with van der Waals surface area (Å²) < 4.78 is 0. The third-order valence-corrected chi connectivity index (χ3v) is 2.35. The molecule has 11 heavy (non-hydrogen) atoms. The number of aliphatic carboxylic acids is 1. The summed E-state index contributed by atoms with van der Waals surface area (Å²) in [4.78, 5) is 20.9. The topological polar surface area (TPSA) is 69.2 Å². The molecule has 0 bridgehead atoms. The molecule has 1 saturated heterocycles. The van der Waals surface area contributed by atoms with Gasteiger partial charge in [-0.05, 0) is 6.92 Å². The minimum absolute atomic E-state index is 0.0841.